The van der Waals surface area contributed by atoms with E-state index in [4.69, 9.17) is 15.4 Å². The van der Waals surface area contributed by atoms with Crippen molar-refractivity contribution < 1.29 is 9.40 Å². The zero-order valence-corrected chi connectivity index (χ0v) is 14.4. The zero-order chi connectivity index (χ0) is 16.9. The van der Waals surface area contributed by atoms with Gasteiger partial charge in [-0.2, -0.15) is 10.5 Å². The zero-order valence-electron chi connectivity index (χ0n) is 13.5. The summed E-state index contributed by atoms with van der Waals surface area (Å²) in [6, 6.07) is 0. The van der Waals surface area contributed by atoms with Gasteiger partial charge in [0.1, 0.15) is 11.6 Å². The molecule has 0 bridgehead atoms. The van der Waals surface area contributed by atoms with Crippen LogP contribution in [-0.4, -0.2) is 17.8 Å². The molecule has 0 aromatic rings. The van der Waals surface area contributed by atoms with E-state index in [1.165, 1.54) is 19.3 Å². The van der Waals surface area contributed by atoms with Crippen LogP contribution in [0.5, 0.6) is 0 Å². The Morgan fingerprint density at radius 2 is 1.96 bits per heavy atom. The molecule has 1 fully saturated rings. The Morgan fingerprint density at radius 3 is 2.57 bits per heavy atom. The first kappa shape index (κ1) is 17.5. The predicted molar refractivity (Wildman–Crippen MR) is 89.0 cm³/mol. The molecule has 1 aliphatic heterocycles. The molecule has 0 unspecified atom stereocenters. The molecule has 0 aromatic heterocycles. The van der Waals surface area contributed by atoms with Crippen LogP contribution in [0.1, 0.15) is 39.0 Å². The van der Waals surface area contributed by atoms with Crippen LogP contribution in [0.15, 0.2) is 35.7 Å². The molecule has 0 radical (unpaired) electrons. The first-order valence-electron chi connectivity index (χ1n) is 7.93. The van der Waals surface area contributed by atoms with E-state index < -0.39 is 7.14 Å². The van der Waals surface area contributed by atoms with Crippen LogP contribution in [0.2, 0.25) is 0 Å². The number of nitriles is 2. The van der Waals surface area contributed by atoms with Gasteiger partial charge in [0.25, 0.3) is 7.14 Å². The van der Waals surface area contributed by atoms with Crippen LogP contribution in [-0.2, 0) is 9.40 Å². The molecule has 6 heteroatoms. The van der Waals surface area contributed by atoms with Crippen LogP contribution in [0.3, 0.4) is 0 Å². The van der Waals surface area contributed by atoms with Crippen molar-refractivity contribution in [2.75, 3.05) is 12.8 Å². The van der Waals surface area contributed by atoms with Crippen molar-refractivity contribution in [3.05, 3.63) is 35.7 Å². The smallest absolute Gasteiger partial charge is 0.276 e. The first-order chi connectivity index (χ1) is 11.0. The van der Waals surface area contributed by atoms with Crippen molar-refractivity contribution in [2.45, 2.75) is 39.0 Å². The fourth-order valence-electron chi connectivity index (χ4n) is 3.04. The molecule has 1 heterocycles. The van der Waals surface area contributed by atoms with Gasteiger partial charge < -0.3 is 0 Å². The topological polar surface area (TPSA) is 77.1 Å². The number of allylic oxidation sites excluding steroid dienone is 4. The molecule has 0 aromatic carbocycles. The average Bonchev–Trinajstić information content (AvgIpc) is 2.57. The molecule has 5 nitrogen and oxygen atoms in total. The maximum atomic E-state index is 11.8. The van der Waals surface area contributed by atoms with E-state index in [0.717, 1.165) is 29.8 Å². The van der Waals surface area contributed by atoms with E-state index in [-0.39, 0.29) is 12.8 Å². The number of nitrogens with zero attached hydrogens (tertiary/aromatic N) is 3. The largest absolute Gasteiger partial charge is 0.292 e. The second kappa shape index (κ2) is 7.64. The van der Waals surface area contributed by atoms with Crippen molar-refractivity contribution in [1.82, 2.24) is 5.06 Å². The van der Waals surface area contributed by atoms with Crippen LogP contribution >= 0.6 is 7.14 Å². The highest BCUT2D eigenvalue weighted by atomic mass is 31.2. The number of hydrogen-bond donors (Lipinski definition) is 0. The highest BCUT2D eigenvalue weighted by molar-refractivity contribution is 7.73. The van der Waals surface area contributed by atoms with Crippen LogP contribution in [0.4, 0.5) is 0 Å². The lowest BCUT2D eigenvalue weighted by Gasteiger charge is -2.35. The van der Waals surface area contributed by atoms with E-state index in [2.05, 4.69) is 12.7 Å². The molecule has 0 N–H and O–H groups in total. The third-order valence-electron chi connectivity index (χ3n) is 4.24. The monoisotopic (exact) mass is 331 g/mol. The molecule has 0 saturated heterocycles. The van der Waals surface area contributed by atoms with E-state index in [9.17, 15) is 4.57 Å². The first-order valence-corrected chi connectivity index (χ1v) is 9.82. The van der Waals surface area contributed by atoms with Gasteiger partial charge in [-0.3, -0.25) is 9.40 Å². The van der Waals surface area contributed by atoms with Gasteiger partial charge in [-0.15, -0.1) is 0 Å². The molecule has 2 rings (SSSR count). The molecule has 122 valence electrons. The molecule has 0 atom stereocenters. The Labute approximate surface area is 137 Å². The van der Waals surface area contributed by atoms with Crippen LogP contribution in [0.25, 0.3) is 0 Å². The Kier molecular flexibility index (Phi) is 5.83. The number of hydrogen-bond acceptors (Lipinski definition) is 5. The minimum absolute atomic E-state index is 0.0639. The average molecular weight is 331 g/mol. The molecular formula is C17H22N3O2P. The van der Waals surface area contributed by atoms with Crippen molar-refractivity contribution in [3.8, 4) is 11.6 Å². The highest BCUT2D eigenvalue weighted by Gasteiger charge is 2.28. The quantitative estimate of drug-likeness (QED) is 0.694. The van der Waals surface area contributed by atoms with E-state index >= 15 is 0 Å². The summed E-state index contributed by atoms with van der Waals surface area (Å²) in [5, 5.41) is 19.3. The Morgan fingerprint density at radius 1 is 1.30 bits per heavy atom. The van der Waals surface area contributed by atoms with Gasteiger partial charge in [0.05, 0.1) is 24.2 Å². The molecule has 23 heavy (non-hydrogen) atoms. The van der Waals surface area contributed by atoms with E-state index in [0.29, 0.717) is 5.92 Å². The summed E-state index contributed by atoms with van der Waals surface area (Å²) in [5.74, 6) is 3.64. The van der Waals surface area contributed by atoms with Crippen molar-refractivity contribution in [3.63, 3.8) is 0 Å². The summed E-state index contributed by atoms with van der Waals surface area (Å²) in [7, 11) is -3.44. The van der Waals surface area contributed by atoms with Crippen molar-refractivity contribution in [2.24, 2.45) is 5.92 Å². The molecule has 0 spiro atoms. The summed E-state index contributed by atoms with van der Waals surface area (Å²) in [5.41, 5.74) is 2.95. The van der Waals surface area contributed by atoms with Gasteiger partial charge in [0, 0.05) is 5.92 Å². The van der Waals surface area contributed by atoms with Gasteiger partial charge in [-0.25, -0.2) is 5.06 Å². The predicted octanol–water partition coefficient (Wildman–Crippen LogP) is 4.48. The fourth-order valence-corrected chi connectivity index (χ4v) is 3.63. The second-order valence-electron chi connectivity index (χ2n) is 6.07. The van der Waals surface area contributed by atoms with Crippen LogP contribution < -0.4 is 0 Å². The third kappa shape index (κ3) is 4.35. The Bertz CT molecular complexity index is 642. The van der Waals surface area contributed by atoms with E-state index in [1.54, 1.807) is 16.7 Å². The SMILES string of the molecule is C=C1C=C(C)C=C(C2CCCCC2)N1OCCP(=O)(C#N)C#N. The van der Waals surface area contributed by atoms with Gasteiger partial charge in [-0.1, -0.05) is 25.8 Å². The van der Waals surface area contributed by atoms with Gasteiger partial charge in [0.2, 0.25) is 0 Å². The lowest BCUT2D eigenvalue weighted by Crippen LogP contribution is -2.30. The standard InChI is InChI=1S/C17H22N3O2P/c1-14-10-15(2)20(22-8-9-23(21,12-18)13-19)17(11-14)16-6-4-3-5-7-16/h10-11,16H,2-9H2,1H3. The number of hydroxylamine groups is 2. The van der Waals surface area contributed by atoms with Crippen LogP contribution in [0, 0.1) is 28.1 Å². The van der Waals surface area contributed by atoms with Crippen molar-refractivity contribution in [1.29, 1.82) is 10.5 Å². The minimum Gasteiger partial charge on any atom is -0.292 e. The fraction of sp³-hybridized carbons (Fsp3) is 0.529. The molecule has 1 saturated carbocycles. The Hall–Kier alpha value is -1.81. The lowest BCUT2D eigenvalue weighted by atomic mass is 9.85. The summed E-state index contributed by atoms with van der Waals surface area (Å²) in [6.07, 6.45) is 9.92. The van der Waals surface area contributed by atoms with Crippen molar-refractivity contribution >= 4 is 7.14 Å². The summed E-state index contributed by atoms with van der Waals surface area (Å²) in [4.78, 5) is 5.76. The molecule has 2 aliphatic rings. The Balaban J connectivity index is 2.07. The van der Waals surface area contributed by atoms with Gasteiger partial charge in [0.15, 0.2) is 0 Å². The molecule has 0 amide bonds. The minimum atomic E-state index is -3.44. The normalized spacial score (nSPS) is 19.6. The maximum Gasteiger partial charge on any atom is 0.276 e. The van der Waals surface area contributed by atoms with Gasteiger partial charge in [-0.05, 0) is 37.5 Å². The summed E-state index contributed by atoms with van der Waals surface area (Å²) < 4.78 is 11.8. The summed E-state index contributed by atoms with van der Waals surface area (Å²) in [6.45, 7) is 6.13. The molecular weight excluding hydrogens is 309 g/mol. The van der Waals surface area contributed by atoms with E-state index in [1.807, 2.05) is 13.0 Å². The highest BCUT2D eigenvalue weighted by Crippen LogP contribution is 2.42. The molecule has 1 aliphatic carbocycles. The maximum absolute atomic E-state index is 11.8. The number of rotatable bonds is 5. The third-order valence-corrected chi connectivity index (χ3v) is 5.70. The second-order valence-corrected chi connectivity index (χ2v) is 8.40. The summed E-state index contributed by atoms with van der Waals surface area (Å²) >= 11 is 0. The van der Waals surface area contributed by atoms with Gasteiger partial charge >= 0.3 is 0 Å². The lowest BCUT2D eigenvalue weighted by molar-refractivity contribution is -0.103.